The fourth-order valence-corrected chi connectivity index (χ4v) is 3.20. The summed E-state index contributed by atoms with van der Waals surface area (Å²) in [5.41, 5.74) is 5.53. The van der Waals surface area contributed by atoms with Crippen LogP contribution in [0.5, 0.6) is 11.6 Å². The molecular formula is C25H23ClN4O4. The van der Waals surface area contributed by atoms with E-state index in [1.54, 1.807) is 19.1 Å². The molecule has 0 radical (unpaired) electrons. The lowest BCUT2D eigenvalue weighted by molar-refractivity contribution is -0.123. The molecule has 0 unspecified atom stereocenters. The number of carbonyl (C=O) groups is 1. The first-order valence-electron chi connectivity index (χ1n) is 10.3. The van der Waals surface area contributed by atoms with E-state index in [0.717, 1.165) is 11.1 Å². The smallest absolute Gasteiger partial charge is 0.278 e. The van der Waals surface area contributed by atoms with E-state index < -0.39 is 5.91 Å². The van der Waals surface area contributed by atoms with Crippen molar-refractivity contribution in [2.75, 3.05) is 13.7 Å². The number of aromatic nitrogens is 1. The summed E-state index contributed by atoms with van der Waals surface area (Å²) < 4.78 is 16.4. The van der Waals surface area contributed by atoms with Gasteiger partial charge in [0, 0.05) is 29.0 Å². The van der Waals surface area contributed by atoms with Crippen LogP contribution >= 0.6 is 11.6 Å². The van der Waals surface area contributed by atoms with Crippen LogP contribution in [0, 0.1) is 18.3 Å². The third-order valence-corrected chi connectivity index (χ3v) is 4.93. The molecular weight excluding hydrogens is 456 g/mol. The third-order valence-electron chi connectivity index (χ3n) is 4.56. The Balaban J connectivity index is 1.54. The summed E-state index contributed by atoms with van der Waals surface area (Å²) in [6.45, 7) is 1.98. The predicted molar refractivity (Wildman–Crippen MR) is 128 cm³/mol. The van der Waals surface area contributed by atoms with Crippen molar-refractivity contribution in [3.8, 4) is 17.7 Å². The number of methoxy groups -OCH3 is 1. The van der Waals surface area contributed by atoms with Gasteiger partial charge in [0.15, 0.2) is 6.61 Å². The lowest BCUT2D eigenvalue weighted by Crippen LogP contribution is -2.25. The lowest BCUT2D eigenvalue weighted by Gasteiger charge is -2.10. The molecule has 0 bridgehead atoms. The fraction of sp³-hybridized carbons (Fsp3) is 0.200. The number of halogens is 1. The highest BCUT2D eigenvalue weighted by molar-refractivity contribution is 6.31. The fourth-order valence-electron chi connectivity index (χ4n) is 3.01. The van der Waals surface area contributed by atoms with E-state index in [4.69, 9.17) is 25.8 Å². The maximum atomic E-state index is 12.1. The number of ether oxygens (including phenoxy) is 3. The molecule has 0 atom stereocenters. The number of aryl methyl sites for hydroxylation is 1. The number of pyridine rings is 1. The zero-order valence-corrected chi connectivity index (χ0v) is 19.5. The van der Waals surface area contributed by atoms with Gasteiger partial charge in [0.1, 0.15) is 24.0 Å². The molecule has 9 heteroatoms. The Morgan fingerprint density at radius 3 is 2.74 bits per heavy atom. The van der Waals surface area contributed by atoms with E-state index in [1.165, 1.54) is 13.3 Å². The Morgan fingerprint density at radius 1 is 1.15 bits per heavy atom. The van der Waals surface area contributed by atoms with Gasteiger partial charge in [-0.25, -0.2) is 10.4 Å². The number of nitriles is 1. The maximum absolute atomic E-state index is 12.1. The molecule has 1 heterocycles. The topological polar surface area (TPSA) is 106 Å². The van der Waals surface area contributed by atoms with Gasteiger partial charge >= 0.3 is 0 Å². The number of nitrogens with zero attached hydrogens (tertiary/aromatic N) is 3. The first kappa shape index (κ1) is 24.7. The molecule has 0 aliphatic heterocycles. The molecule has 0 spiro atoms. The average Bonchev–Trinajstić information content (AvgIpc) is 2.82. The molecule has 34 heavy (non-hydrogen) atoms. The summed E-state index contributed by atoms with van der Waals surface area (Å²) in [5.74, 6) is 0.222. The molecule has 0 saturated carbocycles. The minimum Gasteiger partial charge on any atom is -0.489 e. The van der Waals surface area contributed by atoms with Gasteiger partial charge in [-0.05, 0) is 36.8 Å². The van der Waals surface area contributed by atoms with Crippen LogP contribution in [0.4, 0.5) is 0 Å². The Labute approximate surface area is 202 Å². The molecule has 3 rings (SSSR count). The molecule has 2 aromatic carbocycles. The van der Waals surface area contributed by atoms with Crippen molar-refractivity contribution in [2.24, 2.45) is 5.10 Å². The quantitative estimate of drug-likeness (QED) is 0.346. The minimum absolute atomic E-state index is 0.0806. The average molecular weight is 479 g/mol. The molecule has 174 valence electrons. The highest BCUT2D eigenvalue weighted by Gasteiger charge is 2.14. The number of hydrogen-bond acceptors (Lipinski definition) is 7. The minimum atomic E-state index is -0.497. The number of nitrogens with one attached hydrogen (secondary N) is 1. The van der Waals surface area contributed by atoms with E-state index in [-0.39, 0.29) is 24.7 Å². The number of hydrazone groups is 1. The van der Waals surface area contributed by atoms with E-state index in [2.05, 4.69) is 15.5 Å². The van der Waals surface area contributed by atoms with E-state index >= 15 is 0 Å². The Hall–Kier alpha value is -3.93. The van der Waals surface area contributed by atoms with E-state index in [1.807, 2.05) is 48.5 Å². The maximum Gasteiger partial charge on any atom is 0.278 e. The zero-order chi connectivity index (χ0) is 24.3. The van der Waals surface area contributed by atoms with Gasteiger partial charge < -0.3 is 14.2 Å². The van der Waals surface area contributed by atoms with Gasteiger partial charge in [0.05, 0.1) is 12.8 Å². The zero-order valence-electron chi connectivity index (χ0n) is 18.7. The molecule has 0 saturated heterocycles. The van der Waals surface area contributed by atoms with Gasteiger partial charge in [-0.2, -0.15) is 10.4 Å². The second kappa shape index (κ2) is 12.3. The van der Waals surface area contributed by atoms with Gasteiger partial charge in [-0.3, -0.25) is 4.79 Å². The molecule has 0 fully saturated rings. The van der Waals surface area contributed by atoms with Crippen molar-refractivity contribution >= 4 is 23.7 Å². The number of hydrogen-bond donors (Lipinski definition) is 1. The first-order chi connectivity index (χ1) is 16.5. The van der Waals surface area contributed by atoms with Crippen molar-refractivity contribution in [2.45, 2.75) is 20.1 Å². The van der Waals surface area contributed by atoms with Crippen LogP contribution in [0.3, 0.4) is 0 Å². The molecule has 0 aliphatic carbocycles. The number of benzene rings is 2. The third kappa shape index (κ3) is 7.04. The molecule has 1 aromatic heterocycles. The Kier molecular flexibility index (Phi) is 8.97. The van der Waals surface area contributed by atoms with Crippen LogP contribution in [0.1, 0.15) is 27.9 Å². The van der Waals surface area contributed by atoms with Crippen molar-refractivity contribution < 1.29 is 19.0 Å². The predicted octanol–water partition coefficient (Wildman–Crippen LogP) is 4.17. The van der Waals surface area contributed by atoms with Crippen LogP contribution in [0.15, 0.2) is 59.7 Å². The van der Waals surface area contributed by atoms with Gasteiger partial charge in [0.2, 0.25) is 5.88 Å². The highest BCUT2D eigenvalue weighted by atomic mass is 35.5. The molecule has 1 N–H and O–H groups in total. The standard InChI is InChI=1S/C25H23ClN4O4/c1-17-10-20(14-32-2)22(12-27)25(29-17)34-16-24(31)30-28-13-18-6-5-8-21(11-18)33-15-19-7-3-4-9-23(19)26/h3-11,13H,14-16H2,1-2H3,(H,30,31). The second-order valence-corrected chi connectivity index (χ2v) is 7.59. The Morgan fingerprint density at radius 2 is 1.97 bits per heavy atom. The SMILES string of the molecule is COCc1cc(C)nc(OCC(=O)NN=Cc2cccc(OCc3ccccc3Cl)c2)c1C#N. The molecule has 0 aliphatic rings. The van der Waals surface area contributed by atoms with E-state index in [9.17, 15) is 10.1 Å². The summed E-state index contributed by atoms with van der Waals surface area (Å²) in [6, 6.07) is 18.5. The second-order valence-electron chi connectivity index (χ2n) is 7.18. The van der Waals surface area contributed by atoms with Crippen molar-refractivity contribution in [3.63, 3.8) is 0 Å². The monoisotopic (exact) mass is 478 g/mol. The summed E-state index contributed by atoms with van der Waals surface area (Å²) in [7, 11) is 1.53. The van der Waals surface area contributed by atoms with Gasteiger partial charge in [-0.1, -0.05) is 41.9 Å². The summed E-state index contributed by atoms with van der Waals surface area (Å²) in [6.07, 6.45) is 1.49. The van der Waals surface area contributed by atoms with Crippen LogP contribution < -0.4 is 14.9 Å². The first-order valence-corrected chi connectivity index (χ1v) is 10.7. The van der Waals surface area contributed by atoms with Crippen molar-refractivity contribution in [1.29, 1.82) is 5.26 Å². The number of rotatable bonds is 10. The normalized spacial score (nSPS) is 10.6. The largest absolute Gasteiger partial charge is 0.489 e. The van der Waals surface area contributed by atoms with Crippen LogP contribution in [-0.4, -0.2) is 30.8 Å². The van der Waals surface area contributed by atoms with Crippen LogP contribution in [-0.2, 0) is 22.7 Å². The molecule has 3 aromatic rings. The summed E-state index contributed by atoms with van der Waals surface area (Å²) in [4.78, 5) is 16.3. The molecule has 8 nitrogen and oxygen atoms in total. The molecule has 1 amide bonds. The lowest BCUT2D eigenvalue weighted by atomic mass is 10.1. The number of carbonyl (C=O) groups excluding carboxylic acids is 1. The number of amides is 1. The van der Waals surface area contributed by atoms with Crippen molar-refractivity contribution in [1.82, 2.24) is 10.4 Å². The van der Waals surface area contributed by atoms with Gasteiger partial charge in [-0.15, -0.1) is 0 Å². The van der Waals surface area contributed by atoms with Crippen molar-refractivity contribution in [3.05, 3.63) is 87.6 Å². The Bertz CT molecular complexity index is 1220. The summed E-state index contributed by atoms with van der Waals surface area (Å²) >= 11 is 6.15. The summed E-state index contributed by atoms with van der Waals surface area (Å²) in [5, 5.41) is 14.0. The van der Waals surface area contributed by atoms with E-state index in [0.29, 0.717) is 28.6 Å². The van der Waals surface area contributed by atoms with Crippen LogP contribution in [0.25, 0.3) is 0 Å². The van der Waals surface area contributed by atoms with Gasteiger partial charge in [0.25, 0.3) is 5.91 Å². The van der Waals surface area contributed by atoms with Crippen LogP contribution in [0.2, 0.25) is 5.02 Å². The highest BCUT2D eigenvalue weighted by Crippen LogP contribution is 2.21.